The number of nitrogens with zero attached hydrogens (tertiary/aromatic N) is 7. The summed E-state index contributed by atoms with van der Waals surface area (Å²) in [6.07, 6.45) is 3.75. The Kier molecular flexibility index (Phi) is 8.08. The first-order chi connectivity index (χ1) is 24.2. The molecule has 3 N–H and O–H groups in total. The molecule has 2 fully saturated rings. The van der Waals surface area contributed by atoms with Crippen molar-refractivity contribution in [3.8, 4) is 22.5 Å². The highest BCUT2D eigenvalue weighted by Crippen LogP contribution is 2.34. The molecule has 0 saturated carbocycles. The number of carbonyl (C=O) groups is 2. The van der Waals surface area contributed by atoms with Gasteiger partial charge < -0.3 is 5.73 Å². The fourth-order valence-electron chi connectivity index (χ4n) is 7.10. The minimum atomic E-state index is -0.449. The van der Waals surface area contributed by atoms with E-state index in [1.54, 1.807) is 39.7 Å². The van der Waals surface area contributed by atoms with Gasteiger partial charge in [-0.15, -0.1) is 0 Å². The normalized spacial score (nSPS) is 16.1. The second kappa shape index (κ2) is 12.7. The Labute approximate surface area is 286 Å². The molecule has 3 aromatic carbocycles. The summed E-state index contributed by atoms with van der Waals surface area (Å²) in [6, 6.07) is 19.5. The van der Waals surface area contributed by atoms with Crippen molar-refractivity contribution in [1.29, 1.82) is 0 Å². The number of piperidine rings is 1. The first-order valence-electron chi connectivity index (χ1n) is 16.7. The molecule has 0 radical (unpaired) electrons. The number of nitrogens with two attached hydrogens (primary N) is 1. The maximum absolute atomic E-state index is 15.5. The SMILES string of the molecule is Cn1nc(N2CCC(=O)NC2=O)c2ccc(C3CCN(Cc4ccc(-c5cc6nccc(-c7ccc(CN)c(F)c7)n6n5)cc4F)CC3)cc21. The van der Waals surface area contributed by atoms with Gasteiger partial charge in [0.25, 0.3) is 0 Å². The van der Waals surface area contributed by atoms with E-state index in [0.717, 1.165) is 36.8 Å². The maximum atomic E-state index is 15.5. The van der Waals surface area contributed by atoms with Crippen molar-refractivity contribution in [1.82, 2.24) is 34.6 Å². The number of fused-ring (bicyclic) bond motifs is 2. The molecule has 50 heavy (non-hydrogen) atoms. The number of aromatic nitrogens is 5. The Morgan fingerprint density at radius 1 is 0.880 bits per heavy atom. The molecule has 6 aromatic rings. The zero-order chi connectivity index (χ0) is 34.5. The first kappa shape index (κ1) is 31.7. The standard InChI is InChI=1S/C37H35F2N9O2/c1-45-33-18-23(6-7-28(33)36(44-45)47-15-11-35(49)42-37(47)50)22-9-13-46(14-10-22)21-27-5-2-24(16-30(27)39)31-19-34-41-12-8-32(48(34)43-31)25-3-4-26(20-40)29(38)17-25/h2-8,12,16-19,22H,9-11,13-15,20-21,40H2,1H3,(H,42,49,50). The van der Waals surface area contributed by atoms with Gasteiger partial charge in [0.15, 0.2) is 11.5 Å². The third kappa shape index (κ3) is 5.77. The highest BCUT2D eigenvalue weighted by molar-refractivity contribution is 6.08. The number of hydrogen-bond acceptors (Lipinski definition) is 7. The molecule has 2 aliphatic rings. The van der Waals surface area contributed by atoms with Crippen molar-refractivity contribution in [3.63, 3.8) is 0 Å². The molecule has 8 rings (SSSR count). The highest BCUT2D eigenvalue weighted by Gasteiger charge is 2.29. The zero-order valence-electron chi connectivity index (χ0n) is 27.4. The number of halogens is 2. The van der Waals surface area contributed by atoms with Crippen LogP contribution in [0.1, 0.15) is 41.9 Å². The van der Waals surface area contributed by atoms with Crippen LogP contribution in [0.5, 0.6) is 0 Å². The van der Waals surface area contributed by atoms with Crippen LogP contribution in [-0.4, -0.2) is 60.9 Å². The van der Waals surface area contributed by atoms with Crippen molar-refractivity contribution in [2.45, 2.75) is 38.3 Å². The van der Waals surface area contributed by atoms with E-state index >= 15 is 4.39 Å². The van der Waals surface area contributed by atoms with Gasteiger partial charge >= 0.3 is 6.03 Å². The van der Waals surface area contributed by atoms with Crippen LogP contribution in [0.3, 0.4) is 0 Å². The lowest BCUT2D eigenvalue weighted by Gasteiger charge is -2.32. The highest BCUT2D eigenvalue weighted by atomic mass is 19.1. The van der Waals surface area contributed by atoms with Crippen LogP contribution in [0.15, 0.2) is 72.9 Å². The van der Waals surface area contributed by atoms with Crippen molar-refractivity contribution in [2.24, 2.45) is 12.8 Å². The van der Waals surface area contributed by atoms with Gasteiger partial charge in [0.05, 0.1) is 16.9 Å². The van der Waals surface area contributed by atoms with E-state index in [0.29, 0.717) is 64.1 Å². The number of rotatable bonds is 7. The van der Waals surface area contributed by atoms with Gasteiger partial charge in [0.2, 0.25) is 5.91 Å². The van der Waals surface area contributed by atoms with Gasteiger partial charge in [-0.2, -0.15) is 10.2 Å². The van der Waals surface area contributed by atoms with Crippen LogP contribution in [0.2, 0.25) is 0 Å². The Morgan fingerprint density at radius 2 is 1.64 bits per heavy atom. The number of hydrogen-bond donors (Lipinski definition) is 2. The number of anilines is 1. The van der Waals surface area contributed by atoms with Gasteiger partial charge in [-0.1, -0.05) is 30.3 Å². The second-order valence-electron chi connectivity index (χ2n) is 13.0. The van der Waals surface area contributed by atoms with Crippen LogP contribution in [-0.2, 0) is 24.9 Å². The average Bonchev–Trinajstić information content (AvgIpc) is 3.70. The molecule has 0 unspecified atom stereocenters. The summed E-state index contributed by atoms with van der Waals surface area (Å²) in [5, 5.41) is 12.5. The predicted molar refractivity (Wildman–Crippen MR) is 185 cm³/mol. The van der Waals surface area contributed by atoms with Crippen LogP contribution in [0.25, 0.3) is 39.1 Å². The molecule has 3 aromatic heterocycles. The maximum Gasteiger partial charge on any atom is 0.329 e. The number of amides is 3. The van der Waals surface area contributed by atoms with Crippen LogP contribution >= 0.6 is 0 Å². The first-order valence-corrected chi connectivity index (χ1v) is 16.7. The second-order valence-corrected chi connectivity index (χ2v) is 13.0. The lowest BCUT2D eigenvalue weighted by atomic mass is 9.88. The number of likely N-dealkylation sites (tertiary alicyclic amines) is 1. The van der Waals surface area contributed by atoms with Gasteiger partial charge in [-0.05, 0) is 67.7 Å². The van der Waals surface area contributed by atoms with E-state index < -0.39 is 6.03 Å². The monoisotopic (exact) mass is 675 g/mol. The molecule has 254 valence electrons. The van der Waals surface area contributed by atoms with E-state index in [1.807, 2.05) is 25.2 Å². The summed E-state index contributed by atoms with van der Waals surface area (Å²) < 4.78 is 33.5. The van der Waals surface area contributed by atoms with Crippen molar-refractivity contribution in [3.05, 3.63) is 101 Å². The van der Waals surface area contributed by atoms with E-state index in [1.165, 1.54) is 22.6 Å². The van der Waals surface area contributed by atoms with Crippen LogP contribution in [0.4, 0.5) is 19.4 Å². The lowest BCUT2D eigenvalue weighted by Crippen LogP contribution is -2.49. The Morgan fingerprint density at radius 3 is 2.40 bits per heavy atom. The molecule has 11 nitrogen and oxygen atoms in total. The summed E-state index contributed by atoms with van der Waals surface area (Å²) >= 11 is 0. The fraction of sp³-hybridized carbons (Fsp3) is 0.270. The molecule has 3 amide bonds. The number of carbonyl (C=O) groups excluding carboxylic acids is 2. The number of benzene rings is 3. The fourth-order valence-corrected chi connectivity index (χ4v) is 7.10. The van der Waals surface area contributed by atoms with Crippen LogP contribution < -0.4 is 16.0 Å². The number of imide groups is 1. The Hall–Kier alpha value is -5.53. The van der Waals surface area contributed by atoms with Crippen LogP contribution in [0, 0.1) is 11.6 Å². The summed E-state index contributed by atoms with van der Waals surface area (Å²) in [6.45, 7) is 2.58. The average molecular weight is 676 g/mol. The van der Waals surface area contributed by atoms with Gasteiger partial charge in [0.1, 0.15) is 11.6 Å². The minimum absolute atomic E-state index is 0.115. The van der Waals surface area contributed by atoms with Gasteiger partial charge in [-0.3, -0.25) is 24.6 Å². The topological polar surface area (TPSA) is 127 Å². The smallest absolute Gasteiger partial charge is 0.326 e. The Bertz CT molecular complexity index is 2290. The molecule has 2 saturated heterocycles. The molecule has 0 atom stereocenters. The number of nitrogens with one attached hydrogen (secondary N) is 1. The molecular formula is C37H35F2N9O2. The number of aryl methyl sites for hydroxylation is 1. The number of urea groups is 1. The van der Waals surface area contributed by atoms with Crippen molar-refractivity contribution in [2.75, 3.05) is 24.5 Å². The van der Waals surface area contributed by atoms with Crippen molar-refractivity contribution >= 4 is 34.3 Å². The van der Waals surface area contributed by atoms with E-state index in [-0.39, 0.29) is 30.5 Å². The molecule has 13 heteroatoms. The molecule has 0 aliphatic carbocycles. The minimum Gasteiger partial charge on any atom is -0.326 e. The molecule has 2 aliphatic heterocycles. The quantitative estimate of drug-likeness (QED) is 0.229. The van der Waals surface area contributed by atoms with E-state index in [2.05, 4.69) is 32.4 Å². The summed E-state index contributed by atoms with van der Waals surface area (Å²) in [7, 11) is 1.86. The van der Waals surface area contributed by atoms with Gasteiger partial charge in [-0.25, -0.2) is 23.1 Å². The Balaban J connectivity index is 0.941. The predicted octanol–water partition coefficient (Wildman–Crippen LogP) is 5.51. The summed E-state index contributed by atoms with van der Waals surface area (Å²) in [5.41, 5.74) is 11.9. The summed E-state index contributed by atoms with van der Waals surface area (Å²) in [5.74, 6) is -0.0490. The van der Waals surface area contributed by atoms with Gasteiger partial charge in [0, 0.05) is 73.0 Å². The van der Waals surface area contributed by atoms with E-state index in [9.17, 15) is 14.0 Å². The third-order valence-electron chi connectivity index (χ3n) is 9.89. The molecular weight excluding hydrogens is 640 g/mol. The summed E-state index contributed by atoms with van der Waals surface area (Å²) in [4.78, 5) is 32.3. The molecule has 0 spiro atoms. The zero-order valence-corrected chi connectivity index (χ0v) is 27.4. The molecule has 0 bridgehead atoms. The van der Waals surface area contributed by atoms with E-state index in [4.69, 9.17) is 10.8 Å². The molecule has 5 heterocycles. The third-order valence-corrected chi connectivity index (χ3v) is 9.89. The largest absolute Gasteiger partial charge is 0.329 e. The lowest BCUT2D eigenvalue weighted by molar-refractivity contribution is -0.120. The van der Waals surface area contributed by atoms with Crippen molar-refractivity contribution < 1.29 is 18.4 Å².